The fourth-order valence-electron chi connectivity index (χ4n) is 2.45. The molecule has 0 aliphatic carbocycles. The standard InChI is InChI=1S/C16H27NO/c1-6-15(7-8-18)17-14(5)16-10-12(3)11(2)9-13(16)4/h9-10,14-15,17-18H,6-8H2,1-5H3. The molecule has 0 amide bonds. The number of hydrogen-bond acceptors (Lipinski definition) is 2. The molecular formula is C16H27NO. The van der Waals surface area contributed by atoms with Crippen LogP contribution in [0.2, 0.25) is 0 Å². The molecule has 0 saturated carbocycles. The minimum absolute atomic E-state index is 0.254. The molecule has 1 aromatic carbocycles. The first-order chi connectivity index (χ1) is 8.49. The van der Waals surface area contributed by atoms with Crippen molar-refractivity contribution in [2.24, 2.45) is 0 Å². The van der Waals surface area contributed by atoms with Gasteiger partial charge in [-0.15, -0.1) is 0 Å². The molecule has 0 aliphatic heterocycles. The summed E-state index contributed by atoms with van der Waals surface area (Å²) in [5, 5.41) is 12.7. The molecule has 2 N–H and O–H groups in total. The van der Waals surface area contributed by atoms with Crippen molar-refractivity contribution in [3.05, 3.63) is 34.4 Å². The average Bonchev–Trinajstić information content (AvgIpc) is 2.33. The summed E-state index contributed by atoms with van der Waals surface area (Å²) < 4.78 is 0. The van der Waals surface area contributed by atoms with Gasteiger partial charge < -0.3 is 10.4 Å². The zero-order chi connectivity index (χ0) is 13.7. The molecule has 2 heteroatoms. The number of nitrogens with one attached hydrogen (secondary N) is 1. The van der Waals surface area contributed by atoms with E-state index in [0.717, 1.165) is 12.8 Å². The molecular weight excluding hydrogens is 222 g/mol. The third-order valence-corrected chi connectivity index (χ3v) is 3.80. The van der Waals surface area contributed by atoms with Crippen molar-refractivity contribution in [3.8, 4) is 0 Å². The van der Waals surface area contributed by atoms with E-state index in [2.05, 4.69) is 52.1 Å². The summed E-state index contributed by atoms with van der Waals surface area (Å²) in [4.78, 5) is 0. The van der Waals surface area contributed by atoms with Gasteiger partial charge in [0.2, 0.25) is 0 Å². The van der Waals surface area contributed by atoms with E-state index >= 15 is 0 Å². The first-order valence-electron chi connectivity index (χ1n) is 6.94. The van der Waals surface area contributed by atoms with Crippen LogP contribution in [0.1, 0.15) is 55.0 Å². The Kier molecular flexibility index (Phi) is 5.83. The molecule has 18 heavy (non-hydrogen) atoms. The molecule has 1 rings (SSSR count). The third kappa shape index (κ3) is 3.82. The van der Waals surface area contributed by atoms with Crippen molar-refractivity contribution in [1.82, 2.24) is 5.32 Å². The molecule has 0 aliphatic rings. The van der Waals surface area contributed by atoms with Crippen molar-refractivity contribution in [2.75, 3.05) is 6.61 Å². The predicted octanol–water partition coefficient (Wildman–Crippen LogP) is 3.42. The lowest BCUT2D eigenvalue weighted by atomic mass is 9.96. The van der Waals surface area contributed by atoms with Crippen LogP contribution >= 0.6 is 0 Å². The monoisotopic (exact) mass is 249 g/mol. The Labute approximate surface area is 111 Å². The summed E-state index contributed by atoms with van der Waals surface area (Å²) in [5.74, 6) is 0. The maximum atomic E-state index is 9.05. The Morgan fingerprint density at radius 3 is 2.28 bits per heavy atom. The van der Waals surface area contributed by atoms with Gasteiger partial charge in [-0.05, 0) is 62.8 Å². The van der Waals surface area contributed by atoms with Crippen molar-refractivity contribution >= 4 is 0 Å². The topological polar surface area (TPSA) is 32.3 Å². The molecule has 1 aromatic rings. The summed E-state index contributed by atoms with van der Waals surface area (Å²) in [6, 6.07) is 5.27. The van der Waals surface area contributed by atoms with E-state index in [1.54, 1.807) is 0 Å². The van der Waals surface area contributed by atoms with Crippen LogP contribution in [0, 0.1) is 20.8 Å². The van der Waals surface area contributed by atoms with Crippen molar-refractivity contribution in [2.45, 2.75) is 59.5 Å². The van der Waals surface area contributed by atoms with Gasteiger partial charge in [-0.1, -0.05) is 19.1 Å². The van der Waals surface area contributed by atoms with Crippen LogP contribution in [0.4, 0.5) is 0 Å². The Morgan fingerprint density at radius 1 is 1.11 bits per heavy atom. The van der Waals surface area contributed by atoms with Gasteiger partial charge in [-0.2, -0.15) is 0 Å². The lowest BCUT2D eigenvalue weighted by molar-refractivity contribution is 0.257. The third-order valence-electron chi connectivity index (χ3n) is 3.80. The van der Waals surface area contributed by atoms with Gasteiger partial charge in [0.05, 0.1) is 0 Å². The number of rotatable bonds is 6. The molecule has 2 atom stereocenters. The molecule has 0 spiro atoms. The zero-order valence-electron chi connectivity index (χ0n) is 12.4. The van der Waals surface area contributed by atoms with Crippen LogP contribution in [0.25, 0.3) is 0 Å². The smallest absolute Gasteiger partial charge is 0.0445 e. The van der Waals surface area contributed by atoms with Crippen LogP contribution in [0.5, 0.6) is 0 Å². The second-order valence-corrected chi connectivity index (χ2v) is 5.30. The molecule has 0 heterocycles. The highest BCUT2D eigenvalue weighted by atomic mass is 16.3. The van der Waals surface area contributed by atoms with Gasteiger partial charge in [-0.3, -0.25) is 0 Å². The highest BCUT2D eigenvalue weighted by Crippen LogP contribution is 2.22. The summed E-state index contributed by atoms with van der Waals surface area (Å²) in [6.45, 7) is 11.1. The number of aliphatic hydroxyl groups is 1. The summed E-state index contributed by atoms with van der Waals surface area (Å²) in [6.07, 6.45) is 1.87. The van der Waals surface area contributed by atoms with E-state index in [1.165, 1.54) is 22.3 Å². The number of aliphatic hydroxyl groups excluding tert-OH is 1. The van der Waals surface area contributed by atoms with Gasteiger partial charge in [0.25, 0.3) is 0 Å². The van der Waals surface area contributed by atoms with E-state index in [9.17, 15) is 0 Å². The van der Waals surface area contributed by atoms with Crippen LogP contribution < -0.4 is 5.32 Å². The maximum Gasteiger partial charge on any atom is 0.0445 e. The lowest BCUT2D eigenvalue weighted by Gasteiger charge is -2.24. The normalized spacial score (nSPS) is 14.6. The Hall–Kier alpha value is -0.860. The highest BCUT2D eigenvalue weighted by molar-refractivity contribution is 5.38. The molecule has 0 bridgehead atoms. The summed E-state index contributed by atoms with van der Waals surface area (Å²) in [5.41, 5.74) is 5.41. The van der Waals surface area contributed by atoms with E-state index in [0.29, 0.717) is 12.1 Å². The van der Waals surface area contributed by atoms with Crippen LogP contribution in [-0.2, 0) is 0 Å². The van der Waals surface area contributed by atoms with Crippen molar-refractivity contribution in [3.63, 3.8) is 0 Å². The number of hydrogen-bond donors (Lipinski definition) is 2. The van der Waals surface area contributed by atoms with Crippen LogP contribution in [0.3, 0.4) is 0 Å². The largest absolute Gasteiger partial charge is 0.396 e. The molecule has 102 valence electrons. The zero-order valence-corrected chi connectivity index (χ0v) is 12.4. The molecule has 0 saturated heterocycles. The van der Waals surface area contributed by atoms with Gasteiger partial charge in [-0.25, -0.2) is 0 Å². The molecule has 2 unspecified atom stereocenters. The fourth-order valence-corrected chi connectivity index (χ4v) is 2.45. The van der Waals surface area contributed by atoms with E-state index < -0.39 is 0 Å². The Balaban J connectivity index is 2.83. The first kappa shape index (κ1) is 15.2. The quantitative estimate of drug-likeness (QED) is 0.809. The molecule has 2 nitrogen and oxygen atoms in total. The molecule has 0 radical (unpaired) electrons. The SMILES string of the molecule is CCC(CCO)NC(C)c1cc(C)c(C)cc1C. The lowest BCUT2D eigenvalue weighted by Crippen LogP contribution is -2.32. The van der Waals surface area contributed by atoms with Crippen LogP contribution in [-0.4, -0.2) is 17.8 Å². The maximum absolute atomic E-state index is 9.05. The Bertz CT molecular complexity index is 387. The minimum Gasteiger partial charge on any atom is -0.396 e. The molecule has 0 aromatic heterocycles. The van der Waals surface area contributed by atoms with E-state index in [4.69, 9.17) is 5.11 Å². The predicted molar refractivity (Wildman–Crippen MR) is 78.0 cm³/mol. The van der Waals surface area contributed by atoms with E-state index in [-0.39, 0.29) is 6.61 Å². The van der Waals surface area contributed by atoms with Crippen LogP contribution in [0.15, 0.2) is 12.1 Å². The van der Waals surface area contributed by atoms with Crippen molar-refractivity contribution < 1.29 is 5.11 Å². The molecule has 0 fully saturated rings. The van der Waals surface area contributed by atoms with Gasteiger partial charge in [0.15, 0.2) is 0 Å². The van der Waals surface area contributed by atoms with E-state index in [1.807, 2.05) is 0 Å². The Morgan fingerprint density at radius 2 is 1.72 bits per heavy atom. The first-order valence-corrected chi connectivity index (χ1v) is 6.94. The second kappa shape index (κ2) is 6.91. The number of benzene rings is 1. The van der Waals surface area contributed by atoms with Crippen molar-refractivity contribution in [1.29, 1.82) is 0 Å². The average molecular weight is 249 g/mol. The van der Waals surface area contributed by atoms with Gasteiger partial charge in [0, 0.05) is 18.7 Å². The summed E-state index contributed by atoms with van der Waals surface area (Å²) in [7, 11) is 0. The summed E-state index contributed by atoms with van der Waals surface area (Å²) >= 11 is 0. The highest BCUT2D eigenvalue weighted by Gasteiger charge is 2.14. The van der Waals surface area contributed by atoms with Gasteiger partial charge in [0.1, 0.15) is 0 Å². The number of aryl methyl sites for hydroxylation is 3. The van der Waals surface area contributed by atoms with Gasteiger partial charge >= 0.3 is 0 Å². The minimum atomic E-state index is 0.254. The fraction of sp³-hybridized carbons (Fsp3) is 0.625. The second-order valence-electron chi connectivity index (χ2n) is 5.30.